The van der Waals surface area contributed by atoms with Crippen molar-refractivity contribution in [1.29, 1.82) is 0 Å². The first-order valence-corrected chi connectivity index (χ1v) is 13.2. The van der Waals surface area contributed by atoms with Crippen LogP contribution in [0.25, 0.3) is 10.9 Å². The van der Waals surface area contributed by atoms with Gasteiger partial charge in [0.15, 0.2) is 5.78 Å². The van der Waals surface area contributed by atoms with Crippen LogP contribution >= 0.6 is 0 Å². The number of morpholine rings is 1. The predicted octanol–water partition coefficient (Wildman–Crippen LogP) is 3.03. The van der Waals surface area contributed by atoms with E-state index >= 15 is 0 Å². The summed E-state index contributed by atoms with van der Waals surface area (Å²) in [5.74, 6) is -0.260. The molecule has 1 aliphatic heterocycles. The molecular weight excluding hydrogens is 464 g/mol. The third kappa shape index (κ3) is 4.75. The highest BCUT2D eigenvalue weighted by molar-refractivity contribution is 7.90. The van der Waals surface area contributed by atoms with Gasteiger partial charge >= 0.3 is 0 Å². The SMILES string of the molecule is O=C1C=CC(O)(c2cc3ccccc3n2S(=O)(=O)c2ccc(CCCN3CCOCC3)cc2)C=C1. The van der Waals surface area contributed by atoms with Gasteiger partial charge in [-0.3, -0.25) is 9.69 Å². The van der Waals surface area contributed by atoms with Gasteiger partial charge in [0.25, 0.3) is 10.0 Å². The molecule has 0 bridgehead atoms. The summed E-state index contributed by atoms with van der Waals surface area (Å²) in [5.41, 5.74) is -0.0259. The fraction of sp³-hybridized carbons (Fsp3) is 0.296. The van der Waals surface area contributed by atoms with Gasteiger partial charge in [0.05, 0.1) is 29.3 Å². The molecule has 1 N–H and O–H groups in total. The molecule has 0 spiro atoms. The van der Waals surface area contributed by atoms with Gasteiger partial charge in [-0.2, -0.15) is 0 Å². The maximum Gasteiger partial charge on any atom is 0.268 e. The van der Waals surface area contributed by atoms with Gasteiger partial charge in [-0.15, -0.1) is 0 Å². The first kappa shape index (κ1) is 23.7. The number of hydrogen-bond donors (Lipinski definition) is 1. The minimum Gasteiger partial charge on any atom is -0.379 e. The fourth-order valence-electron chi connectivity index (χ4n) is 4.63. The first-order chi connectivity index (χ1) is 16.9. The minimum atomic E-state index is -4.03. The Hall–Kier alpha value is -3.04. The molecule has 7 nitrogen and oxygen atoms in total. The summed E-state index contributed by atoms with van der Waals surface area (Å²) in [6.07, 6.45) is 7.00. The molecule has 0 saturated carbocycles. The van der Waals surface area contributed by atoms with E-state index in [1.807, 2.05) is 18.2 Å². The number of carbonyl (C=O) groups excluding carboxylic acids is 1. The van der Waals surface area contributed by atoms with E-state index in [0.29, 0.717) is 10.9 Å². The van der Waals surface area contributed by atoms with E-state index in [1.165, 1.54) is 28.3 Å². The summed E-state index contributed by atoms with van der Waals surface area (Å²) in [6, 6.07) is 15.7. The Bertz CT molecular complexity index is 1380. The van der Waals surface area contributed by atoms with E-state index in [4.69, 9.17) is 4.74 Å². The summed E-state index contributed by atoms with van der Waals surface area (Å²) in [7, 11) is -4.03. The molecule has 1 aliphatic carbocycles. The molecule has 0 amide bonds. The van der Waals surface area contributed by atoms with Gasteiger partial charge in [0.1, 0.15) is 5.60 Å². The lowest BCUT2D eigenvalue weighted by molar-refractivity contribution is -0.110. The molecule has 8 heteroatoms. The fourth-order valence-corrected chi connectivity index (χ4v) is 6.21. The van der Waals surface area contributed by atoms with Crippen LogP contribution in [0, 0.1) is 0 Å². The van der Waals surface area contributed by atoms with E-state index in [-0.39, 0.29) is 16.4 Å². The molecule has 2 aliphatic rings. The van der Waals surface area contributed by atoms with Crippen LogP contribution in [-0.2, 0) is 31.6 Å². The van der Waals surface area contributed by atoms with Gasteiger partial charge in [0.2, 0.25) is 0 Å². The average molecular weight is 493 g/mol. The Morgan fingerprint density at radius 3 is 2.37 bits per heavy atom. The van der Waals surface area contributed by atoms with Crippen molar-refractivity contribution in [2.24, 2.45) is 0 Å². The summed E-state index contributed by atoms with van der Waals surface area (Å²) < 4.78 is 34.2. The zero-order valence-corrected chi connectivity index (χ0v) is 20.2. The van der Waals surface area contributed by atoms with Crippen LogP contribution in [0.1, 0.15) is 17.7 Å². The topological polar surface area (TPSA) is 88.8 Å². The Morgan fingerprint density at radius 1 is 0.971 bits per heavy atom. The molecule has 1 fully saturated rings. The minimum absolute atomic E-state index is 0.139. The summed E-state index contributed by atoms with van der Waals surface area (Å²) >= 11 is 0. The normalized spacial score (nSPS) is 18.4. The van der Waals surface area contributed by atoms with Crippen molar-refractivity contribution >= 4 is 26.7 Å². The number of ketones is 1. The van der Waals surface area contributed by atoms with Crippen LogP contribution in [-0.4, -0.2) is 61.0 Å². The molecule has 1 saturated heterocycles. The highest BCUT2D eigenvalue weighted by atomic mass is 32.2. The maximum absolute atomic E-state index is 13.8. The Morgan fingerprint density at radius 2 is 1.66 bits per heavy atom. The lowest BCUT2D eigenvalue weighted by atomic mass is 9.94. The second-order valence-corrected chi connectivity index (χ2v) is 10.7. The number of benzene rings is 2. The van der Waals surface area contributed by atoms with Gasteiger partial charge in [-0.25, -0.2) is 12.4 Å². The number of aromatic nitrogens is 1. The average Bonchev–Trinajstić information content (AvgIpc) is 3.28. The number of hydrogen-bond acceptors (Lipinski definition) is 6. The second kappa shape index (κ2) is 9.54. The number of allylic oxidation sites excluding steroid dienone is 2. The van der Waals surface area contributed by atoms with Crippen molar-refractivity contribution in [2.45, 2.75) is 23.3 Å². The zero-order chi connectivity index (χ0) is 24.5. The van der Waals surface area contributed by atoms with Crippen LogP contribution in [0.3, 0.4) is 0 Å². The third-order valence-electron chi connectivity index (χ3n) is 6.59. The number of aliphatic hydroxyl groups is 1. The Labute approximate surface area is 205 Å². The molecule has 35 heavy (non-hydrogen) atoms. The molecular formula is C27H28N2O5S. The smallest absolute Gasteiger partial charge is 0.268 e. The van der Waals surface area contributed by atoms with Gasteiger partial charge in [-0.1, -0.05) is 30.3 Å². The Kier molecular flexibility index (Phi) is 6.46. The number of fused-ring (bicyclic) bond motifs is 1. The summed E-state index contributed by atoms with van der Waals surface area (Å²) in [6.45, 7) is 4.45. The third-order valence-corrected chi connectivity index (χ3v) is 8.33. The molecule has 0 radical (unpaired) electrons. The van der Waals surface area contributed by atoms with Gasteiger partial charge < -0.3 is 9.84 Å². The van der Waals surface area contributed by atoms with Crippen molar-refractivity contribution in [3.8, 4) is 0 Å². The largest absolute Gasteiger partial charge is 0.379 e. The van der Waals surface area contributed by atoms with Gasteiger partial charge in [0, 0.05) is 18.5 Å². The summed E-state index contributed by atoms with van der Waals surface area (Å²) in [5, 5.41) is 12.0. The second-order valence-electron chi connectivity index (χ2n) is 8.95. The van der Waals surface area contributed by atoms with Gasteiger partial charge in [-0.05, 0) is 73.5 Å². The zero-order valence-electron chi connectivity index (χ0n) is 19.3. The van der Waals surface area contributed by atoms with E-state index in [9.17, 15) is 18.3 Å². The highest BCUT2D eigenvalue weighted by Crippen LogP contribution is 2.35. The molecule has 2 heterocycles. The van der Waals surface area contributed by atoms with Crippen molar-refractivity contribution < 1.29 is 23.1 Å². The molecule has 5 rings (SSSR count). The number of carbonyl (C=O) groups is 1. The molecule has 2 aromatic carbocycles. The number of rotatable bonds is 7. The van der Waals surface area contributed by atoms with Crippen LogP contribution in [0.15, 0.2) is 83.8 Å². The van der Waals surface area contributed by atoms with Crippen LogP contribution < -0.4 is 0 Å². The lowest BCUT2D eigenvalue weighted by Crippen LogP contribution is -2.36. The van der Waals surface area contributed by atoms with Crippen molar-refractivity contribution in [3.63, 3.8) is 0 Å². The van der Waals surface area contributed by atoms with E-state index < -0.39 is 15.6 Å². The van der Waals surface area contributed by atoms with Crippen molar-refractivity contribution in [2.75, 3.05) is 32.8 Å². The molecule has 0 atom stereocenters. The quantitative estimate of drug-likeness (QED) is 0.546. The molecule has 1 aromatic heterocycles. The predicted molar refractivity (Wildman–Crippen MR) is 134 cm³/mol. The van der Waals surface area contributed by atoms with Crippen molar-refractivity contribution in [1.82, 2.24) is 8.87 Å². The van der Waals surface area contributed by atoms with Crippen molar-refractivity contribution in [3.05, 3.63) is 90.2 Å². The summed E-state index contributed by atoms with van der Waals surface area (Å²) in [4.78, 5) is 14.2. The van der Waals surface area contributed by atoms with E-state index in [0.717, 1.165) is 51.3 Å². The molecule has 182 valence electrons. The number of para-hydroxylation sites is 1. The Balaban J connectivity index is 1.44. The molecule has 0 unspecified atom stereocenters. The number of aryl methyl sites for hydroxylation is 1. The number of ether oxygens (including phenoxy) is 1. The lowest BCUT2D eigenvalue weighted by Gasteiger charge is -2.26. The monoisotopic (exact) mass is 492 g/mol. The van der Waals surface area contributed by atoms with E-state index in [1.54, 1.807) is 36.4 Å². The van der Waals surface area contributed by atoms with Crippen LogP contribution in [0.4, 0.5) is 0 Å². The maximum atomic E-state index is 13.8. The highest BCUT2D eigenvalue weighted by Gasteiger charge is 2.34. The first-order valence-electron chi connectivity index (χ1n) is 11.8. The molecule has 3 aromatic rings. The van der Waals surface area contributed by atoms with Crippen LogP contribution in [0.2, 0.25) is 0 Å². The number of nitrogens with zero attached hydrogens (tertiary/aromatic N) is 2. The van der Waals surface area contributed by atoms with E-state index in [2.05, 4.69) is 4.90 Å². The van der Waals surface area contributed by atoms with Crippen LogP contribution in [0.5, 0.6) is 0 Å². The standard InChI is InChI=1S/C27H28N2O5S/c30-23-11-13-27(31,14-12-23)26-20-22-5-1-2-6-25(22)29(26)35(32,33)24-9-7-21(8-10-24)4-3-15-28-16-18-34-19-17-28/h1-2,5-14,20,31H,3-4,15-19H2.